The van der Waals surface area contributed by atoms with Crippen LogP contribution in [0.3, 0.4) is 0 Å². The molecular formula is C21H26ClN5O4. The van der Waals surface area contributed by atoms with Crippen molar-refractivity contribution in [2.24, 2.45) is 12.8 Å². The van der Waals surface area contributed by atoms with E-state index in [0.717, 1.165) is 5.56 Å². The molecule has 0 saturated heterocycles. The van der Waals surface area contributed by atoms with Crippen molar-refractivity contribution in [2.45, 2.75) is 13.1 Å². The standard InChI is InChI=1S/C21H25N5O4.ClH/c1-25(12-20-24-23-13-26(20)2)21(27)14-6-8-17(28-3)19(9-14)30-16-7-5-15(11-22)18(10-16)29-4;/h5-10,13H,11-12,22H2,1-4H3;1H. The van der Waals surface area contributed by atoms with E-state index in [0.29, 0.717) is 47.5 Å². The molecular weight excluding hydrogens is 422 g/mol. The van der Waals surface area contributed by atoms with E-state index in [4.69, 9.17) is 19.9 Å². The summed E-state index contributed by atoms with van der Waals surface area (Å²) in [5, 5.41) is 7.85. The van der Waals surface area contributed by atoms with Gasteiger partial charge in [0.15, 0.2) is 17.3 Å². The predicted octanol–water partition coefficient (Wildman–Crippen LogP) is 2.78. The number of hydrogen-bond donors (Lipinski definition) is 1. The number of hydrogen-bond acceptors (Lipinski definition) is 7. The maximum absolute atomic E-state index is 12.9. The summed E-state index contributed by atoms with van der Waals surface area (Å²) in [6.07, 6.45) is 1.59. The lowest BCUT2D eigenvalue weighted by Gasteiger charge is -2.18. The van der Waals surface area contributed by atoms with Gasteiger partial charge >= 0.3 is 0 Å². The van der Waals surface area contributed by atoms with Gasteiger partial charge in [-0.15, -0.1) is 22.6 Å². The normalized spacial score (nSPS) is 10.2. The Hall–Kier alpha value is -3.30. The molecule has 0 aliphatic rings. The first kappa shape index (κ1) is 24.0. The van der Waals surface area contributed by atoms with Gasteiger partial charge in [-0.25, -0.2) is 0 Å². The fourth-order valence-electron chi connectivity index (χ4n) is 2.93. The van der Waals surface area contributed by atoms with Crippen LogP contribution in [-0.4, -0.2) is 46.8 Å². The van der Waals surface area contributed by atoms with Gasteiger partial charge in [-0.1, -0.05) is 6.07 Å². The van der Waals surface area contributed by atoms with Crippen molar-refractivity contribution in [1.29, 1.82) is 0 Å². The monoisotopic (exact) mass is 447 g/mol. The highest BCUT2D eigenvalue weighted by molar-refractivity contribution is 5.94. The molecule has 2 N–H and O–H groups in total. The molecule has 10 heteroatoms. The predicted molar refractivity (Wildman–Crippen MR) is 118 cm³/mol. The lowest BCUT2D eigenvalue weighted by molar-refractivity contribution is 0.0780. The van der Waals surface area contributed by atoms with Crippen molar-refractivity contribution >= 4 is 18.3 Å². The maximum atomic E-state index is 12.9. The molecule has 3 rings (SSSR count). The lowest BCUT2D eigenvalue weighted by Crippen LogP contribution is -2.27. The summed E-state index contributed by atoms with van der Waals surface area (Å²) < 4.78 is 18.5. The zero-order chi connectivity index (χ0) is 21.7. The number of aromatic nitrogens is 3. The highest BCUT2D eigenvalue weighted by Crippen LogP contribution is 2.35. The number of benzene rings is 2. The summed E-state index contributed by atoms with van der Waals surface area (Å²) in [4.78, 5) is 14.5. The topological polar surface area (TPSA) is 105 Å². The zero-order valence-electron chi connectivity index (χ0n) is 17.9. The Kier molecular flexibility index (Phi) is 8.23. The molecule has 0 bridgehead atoms. The Morgan fingerprint density at radius 1 is 1.10 bits per heavy atom. The molecule has 2 aromatic carbocycles. The molecule has 1 heterocycles. The van der Waals surface area contributed by atoms with Gasteiger partial charge < -0.3 is 29.4 Å². The van der Waals surface area contributed by atoms with Crippen LogP contribution in [0.15, 0.2) is 42.7 Å². The Balaban J connectivity index is 0.00000341. The Bertz CT molecular complexity index is 1040. The van der Waals surface area contributed by atoms with Crippen LogP contribution in [0.25, 0.3) is 0 Å². The fourth-order valence-corrected chi connectivity index (χ4v) is 2.93. The number of nitrogens with zero attached hydrogens (tertiary/aromatic N) is 4. The summed E-state index contributed by atoms with van der Waals surface area (Å²) in [6, 6.07) is 10.4. The minimum Gasteiger partial charge on any atom is -0.496 e. The molecule has 1 amide bonds. The second-order valence-corrected chi connectivity index (χ2v) is 6.66. The second kappa shape index (κ2) is 10.6. The lowest BCUT2D eigenvalue weighted by atomic mass is 10.1. The van der Waals surface area contributed by atoms with Crippen molar-refractivity contribution in [1.82, 2.24) is 19.7 Å². The van der Waals surface area contributed by atoms with E-state index in [9.17, 15) is 4.79 Å². The first-order valence-electron chi connectivity index (χ1n) is 9.28. The molecule has 0 radical (unpaired) electrons. The van der Waals surface area contributed by atoms with E-state index in [2.05, 4.69) is 10.2 Å². The minimum atomic E-state index is -0.179. The molecule has 0 aliphatic heterocycles. The van der Waals surface area contributed by atoms with Gasteiger partial charge in [0.1, 0.15) is 17.8 Å². The molecule has 166 valence electrons. The van der Waals surface area contributed by atoms with E-state index in [-0.39, 0.29) is 18.3 Å². The molecule has 9 nitrogen and oxygen atoms in total. The number of rotatable bonds is 8. The maximum Gasteiger partial charge on any atom is 0.254 e. The van der Waals surface area contributed by atoms with E-state index >= 15 is 0 Å². The number of ether oxygens (including phenoxy) is 3. The summed E-state index contributed by atoms with van der Waals surface area (Å²) in [5.74, 6) is 2.59. The number of aryl methyl sites for hydroxylation is 1. The summed E-state index contributed by atoms with van der Waals surface area (Å²) in [5.41, 5.74) is 7.05. The number of methoxy groups -OCH3 is 2. The average molecular weight is 448 g/mol. The Labute approximate surface area is 187 Å². The average Bonchev–Trinajstić information content (AvgIpc) is 3.17. The molecule has 0 atom stereocenters. The smallest absolute Gasteiger partial charge is 0.254 e. The van der Waals surface area contributed by atoms with Gasteiger partial charge in [0.05, 0.1) is 20.8 Å². The highest BCUT2D eigenvalue weighted by atomic mass is 35.5. The Morgan fingerprint density at radius 2 is 1.84 bits per heavy atom. The van der Waals surface area contributed by atoms with Crippen molar-refractivity contribution in [3.05, 3.63) is 59.7 Å². The quantitative estimate of drug-likeness (QED) is 0.566. The van der Waals surface area contributed by atoms with Crippen molar-refractivity contribution < 1.29 is 19.0 Å². The van der Waals surface area contributed by atoms with E-state index < -0.39 is 0 Å². The molecule has 0 fully saturated rings. The SMILES string of the molecule is COc1cc(Oc2cc(C(=O)N(C)Cc3nncn3C)ccc2OC)ccc1CN.Cl. The number of carbonyl (C=O) groups excluding carboxylic acids is 1. The summed E-state index contributed by atoms with van der Waals surface area (Å²) in [7, 11) is 6.66. The zero-order valence-corrected chi connectivity index (χ0v) is 18.7. The third-order valence-electron chi connectivity index (χ3n) is 4.65. The molecule has 0 saturated carbocycles. The number of carbonyl (C=O) groups is 1. The van der Waals surface area contributed by atoms with Gasteiger partial charge in [-0.05, 0) is 24.3 Å². The highest BCUT2D eigenvalue weighted by Gasteiger charge is 2.17. The van der Waals surface area contributed by atoms with Gasteiger partial charge in [-0.2, -0.15) is 0 Å². The molecule has 31 heavy (non-hydrogen) atoms. The van der Waals surface area contributed by atoms with Crippen LogP contribution in [0.1, 0.15) is 21.7 Å². The molecule has 3 aromatic rings. The fraction of sp³-hybridized carbons (Fsp3) is 0.286. The Morgan fingerprint density at radius 3 is 2.45 bits per heavy atom. The van der Waals surface area contributed by atoms with Gasteiger partial charge in [0.25, 0.3) is 5.91 Å². The second-order valence-electron chi connectivity index (χ2n) is 6.66. The van der Waals surface area contributed by atoms with Gasteiger partial charge in [-0.3, -0.25) is 4.79 Å². The largest absolute Gasteiger partial charge is 0.496 e. The van der Waals surface area contributed by atoms with Crippen molar-refractivity contribution in [2.75, 3.05) is 21.3 Å². The van der Waals surface area contributed by atoms with Crippen LogP contribution in [0.5, 0.6) is 23.0 Å². The first-order chi connectivity index (χ1) is 14.5. The molecule has 0 aliphatic carbocycles. The number of halogens is 1. The third-order valence-corrected chi connectivity index (χ3v) is 4.65. The molecule has 1 aromatic heterocycles. The molecule has 0 spiro atoms. The van der Waals surface area contributed by atoms with Crippen molar-refractivity contribution in [3.8, 4) is 23.0 Å². The minimum absolute atomic E-state index is 0. The number of amides is 1. The van der Waals surface area contributed by atoms with Crippen LogP contribution in [-0.2, 0) is 20.1 Å². The summed E-state index contributed by atoms with van der Waals surface area (Å²) in [6.45, 7) is 0.684. The van der Waals surface area contributed by atoms with Gasteiger partial charge in [0.2, 0.25) is 0 Å². The van der Waals surface area contributed by atoms with Crippen LogP contribution in [0.2, 0.25) is 0 Å². The van der Waals surface area contributed by atoms with Crippen LogP contribution in [0.4, 0.5) is 0 Å². The van der Waals surface area contributed by atoms with Crippen LogP contribution < -0.4 is 19.9 Å². The molecule has 0 unspecified atom stereocenters. The number of nitrogens with two attached hydrogens (primary N) is 1. The van der Waals surface area contributed by atoms with E-state index in [1.807, 2.05) is 13.1 Å². The van der Waals surface area contributed by atoms with E-state index in [1.54, 1.807) is 67.4 Å². The summed E-state index contributed by atoms with van der Waals surface area (Å²) >= 11 is 0. The van der Waals surface area contributed by atoms with Crippen LogP contribution in [0, 0.1) is 0 Å². The van der Waals surface area contributed by atoms with E-state index in [1.165, 1.54) is 0 Å². The van der Waals surface area contributed by atoms with Gasteiger partial charge in [0, 0.05) is 37.8 Å². The third kappa shape index (κ3) is 5.44. The van der Waals surface area contributed by atoms with Crippen LogP contribution >= 0.6 is 12.4 Å². The van der Waals surface area contributed by atoms with Crippen molar-refractivity contribution in [3.63, 3.8) is 0 Å². The first-order valence-corrected chi connectivity index (χ1v) is 9.28.